The van der Waals surface area contributed by atoms with Gasteiger partial charge in [0.15, 0.2) is 12.1 Å². The van der Waals surface area contributed by atoms with E-state index in [-0.39, 0.29) is 24.2 Å². The predicted octanol–water partition coefficient (Wildman–Crippen LogP) is 0.945. The zero-order chi connectivity index (χ0) is 10.3. The van der Waals surface area contributed by atoms with Crippen molar-refractivity contribution in [3.8, 4) is 0 Å². The number of aldehydes is 1. The lowest BCUT2D eigenvalue weighted by atomic mass is 9.92. The van der Waals surface area contributed by atoms with Crippen molar-refractivity contribution in [1.29, 1.82) is 0 Å². The summed E-state index contributed by atoms with van der Waals surface area (Å²) in [4.78, 5) is 10.7. The first kappa shape index (κ1) is 10.1. The molecule has 0 radical (unpaired) electrons. The van der Waals surface area contributed by atoms with Crippen LogP contribution in [0.2, 0.25) is 0 Å². The highest BCUT2D eigenvalue weighted by Crippen LogP contribution is 2.39. The molecule has 4 atom stereocenters. The molecule has 4 nitrogen and oxygen atoms in total. The summed E-state index contributed by atoms with van der Waals surface area (Å²) in [5.74, 6) is -0.502. The lowest BCUT2D eigenvalue weighted by molar-refractivity contribution is -0.197. The van der Waals surface area contributed by atoms with Gasteiger partial charge in [-0.15, -0.1) is 0 Å². The highest BCUT2D eigenvalue weighted by molar-refractivity contribution is 5.53. The van der Waals surface area contributed by atoms with Crippen LogP contribution in [-0.2, 0) is 19.0 Å². The van der Waals surface area contributed by atoms with E-state index in [2.05, 4.69) is 0 Å². The van der Waals surface area contributed by atoms with Crippen LogP contribution in [0, 0.1) is 11.8 Å². The summed E-state index contributed by atoms with van der Waals surface area (Å²) in [5.41, 5.74) is 0. The van der Waals surface area contributed by atoms with Crippen LogP contribution in [0.4, 0.5) is 0 Å². The van der Waals surface area contributed by atoms with Gasteiger partial charge < -0.3 is 19.0 Å². The van der Waals surface area contributed by atoms with E-state index in [1.807, 2.05) is 20.8 Å². The quantitative estimate of drug-likeness (QED) is 0.622. The second-order valence-electron chi connectivity index (χ2n) is 4.46. The molecule has 2 heterocycles. The number of carbonyl (C=O) groups is 1. The Kier molecular flexibility index (Phi) is 2.37. The molecule has 0 saturated carbocycles. The van der Waals surface area contributed by atoms with E-state index >= 15 is 0 Å². The van der Waals surface area contributed by atoms with E-state index < -0.39 is 5.79 Å². The van der Waals surface area contributed by atoms with Crippen LogP contribution in [0.5, 0.6) is 0 Å². The van der Waals surface area contributed by atoms with Crippen LogP contribution in [0.3, 0.4) is 0 Å². The first-order chi connectivity index (χ1) is 6.53. The topological polar surface area (TPSA) is 44.8 Å². The van der Waals surface area contributed by atoms with Gasteiger partial charge in [-0.1, -0.05) is 6.92 Å². The number of rotatable bonds is 2. The lowest BCUT2D eigenvalue weighted by Crippen LogP contribution is -2.30. The number of hydrogen-bond donors (Lipinski definition) is 0. The fourth-order valence-electron chi connectivity index (χ4n) is 2.03. The molecule has 0 aromatic rings. The number of hydrogen-bond acceptors (Lipinski definition) is 4. The Morgan fingerprint density at radius 3 is 2.79 bits per heavy atom. The van der Waals surface area contributed by atoms with Crippen molar-refractivity contribution in [3.05, 3.63) is 0 Å². The molecular formula is C10H16O4. The van der Waals surface area contributed by atoms with Crippen molar-refractivity contribution in [3.63, 3.8) is 0 Å². The van der Waals surface area contributed by atoms with E-state index in [1.165, 1.54) is 0 Å². The minimum Gasteiger partial charge on any atom is -0.349 e. The molecule has 14 heavy (non-hydrogen) atoms. The van der Waals surface area contributed by atoms with Crippen LogP contribution >= 0.6 is 0 Å². The SMILES string of the molecule is C[C@H](C=O)C1CO[C@@H]2OC(C)(C)OC12. The summed E-state index contributed by atoms with van der Waals surface area (Å²) in [6.07, 6.45) is 0.563. The molecule has 2 rings (SSSR count). The molecule has 0 amide bonds. The van der Waals surface area contributed by atoms with Gasteiger partial charge in [0.1, 0.15) is 12.4 Å². The van der Waals surface area contributed by atoms with E-state index in [0.717, 1.165) is 6.29 Å². The number of carbonyl (C=O) groups excluding carboxylic acids is 1. The standard InChI is InChI=1S/C10H16O4/c1-6(4-11)7-5-12-9-8(7)13-10(2,3)14-9/h4,6-9H,5H2,1-3H3/t6-,7?,8?,9-/m1/s1. The lowest BCUT2D eigenvalue weighted by Gasteiger charge is -2.22. The van der Waals surface area contributed by atoms with Gasteiger partial charge in [-0.3, -0.25) is 0 Å². The molecule has 0 aromatic carbocycles. The summed E-state index contributed by atoms with van der Waals surface area (Å²) in [6, 6.07) is 0. The molecular weight excluding hydrogens is 184 g/mol. The molecule has 0 N–H and O–H groups in total. The molecule has 0 spiro atoms. The van der Waals surface area contributed by atoms with Gasteiger partial charge in [-0.2, -0.15) is 0 Å². The summed E-state index contributed by atoms with van der Waals surface area (Å²) in [7, 11) is 0. The van der Waals surface area contributed by atoms with Crippen molar-refractivity contribution in [2.24, 2.45) is 11.8 Å². The largest absolute Gasteiger partial charge is 0.349 e. The maximum absolute atomic E-state index is 10.7. The fraction of sp³-hybridized carbons (Fsp3) is 0.900. The smallest absolute Gasteiger partial charge is 0.187 e. The van der Waals surface area contributed by atoms with E-state index in [1.54, 1.807) is 0 Å². The van der Waals surface area contributed by atoms with E-state index in [0.29, 0.717) is 6.61 Å². The van der Waals surface area contributed by atoms with Crippen LogP contribution in [-0.4, -0.2) is 31.1 Å². The van der Waals surface area contributed by atoms with E-state index in [9.17, 15) is 4.79 Å². The average Bonchev–Trinajstić information content (AvgIpc) is 2.58. The molecule has 2 fully saturated rings. The van der Waals surface area contributed by atoms with Gasteiger partial charge in [0.25, 0.3) is 0 Å². The van der Waals surface area contributed by atoms with Crippen LogP contribution in [0.1, 0.15) is 20.8 Å². The number of ether oxygens (including phenoxy) is 3. The van der Waals surface area contributed by atoms with Gasteiger partial charge in [-0.25, -0.2) is 0 Å². The Morgan fingerprint density at radius 1 is 1.43 bits per heavy atom. The third kappa shape index (κ3) is 1.58. The van der Waals surface area contributed by atoms with Gasteiger partial charge in [0, 0.05) is 11.8 Å². The van der Waals surface area contributed by atoms with Gasteiger partial charge in [0.2, 0.25) is 0 Å². The molecule has 4 heteroatoms. The number of fused-ring (bicyclic) bond motifs is 1. The molecule has 0 aliphatic carbocycles. The van der Waals surface area contributed by atoms with Crippen molar-refractivity contribution in [2.75, 3.05) is 6.61 Å². The highest BCUT2D eigenvalue weighted by atomic mass is 16.8. The van der Waals surface area contributed by atoms with Crippen LogP contribution in [0.25, 0.3) is 0 Å². The first-order valence-corrected chi connectivity index (χ1v) is 4.96. The molecule has 2 saturated heterocycles. The zero-order valence-corrected chi connectivity index (χ0v) is 8.73. The first-order valence-electron chi connectivity index (χ1n) is 4.96. The Hall–Kier alpha value is -0.450. The van der Waals surface area contributed by atoms with Crippen molar-refractivity contribution in [2.45, 2.75) is 39.0 Å². The summed E-state index contributed by atoms with van der Waals surface area (Å²) in [5, 5.41) is 0. The Balaban J connectivity index is 2.08. The Bertz CT molecular complexity index is 238. The molecule has 2 aliphatic rings. The maximum Gasteiger partial charge on any atom is 0.187 e. The van der Waals surface area contributed by atoms with Crippen LogP contribution in [0.15, 0.2) is 0 Å². The fourth-order valence-corrected chi connectivity index (χ4v) is 2.03. The van der Waals surface area contributed by atoms with Gasteiger partial charge in [0.05, 0.1) is 6.61 Å². The second-order valence-corrected chi connectivity index (χ2v) is 4.46. The van der Waals surface area contributed by atoms with Gasteiger partial charge >= 0.3 is 0 Å². The predicted molar refractivity (Wildman–Crippen MR) is 48.5 cm³/mol. The normalized spacial score (nSPS) is 42.1. The molecule has 0 aromatic heterocycles. The summed E-state index contributed by atoms with van der Waals surface area (Å²) >= 11 is 0. The monoisotopic (exact) mass is 200 g/mol. The maximum atomic E-state index is 10.7. The second kappa shape index (κ2) is 3.29. The highest BCUT2D eigenvalue weighted by Gasteiger charge is 2.51. The van der Waals surface area contributed by atoms with Crippen molar-refractivity contribution >= 4 is 6.29 Å². The van der Waals surface area contributed by atoms with Gasteiger partial charge in [-0.05, 0) is 13.8 Å². The van der Waals surface area contributed by atoms with Crippen LogP contribution < -0.4 is 0 Å². The molecule has 2 unspecified atom stereocenters. The third-order valence-electron chi connectivity index (χ3n) is 2.85. The van der Waals surface area contributed by atoms with Crippen molar-refractivity contribution < 1.29 is 19.0 Å². The minimum absolute atomic E-state index is 0.0394. The Morgan fingerprint density at radius 2 is 2.14 bits per heavy atom. The Labute approximate surface area is 83.5 Å². The molecule has 0 bridgehead atoms. The minimum atomic E-state index is -0.587. The third-order valence-corrected chi connectivity index (χ3v) is 2.85. The average molecular weight is 200 g/mol. The zero-order valence-electron chi connectivity index (χ0n) is 8.73. The molecule has 2 aliphatic heterocycles. The summed E-state index contributed by atoms with van der Waals surface area (Å²) in [6.45, 7) is 6.15. The molecule has 80 valence electrons. The van der Waals surface area contributed by atoms with Crippen molar-refractivity contribution in [1.82, 2.24) is 0 Å². The van der Waals surface area contributed by atoms with E-state index in [4.69, 9.17) is 14.2 Å². The summed E-state index contributed by atoms with van der Waals surface area (Å²) < 4.78 is 16.7.